The van der Waals surface area contributed by atoms with E-state index >= 15 is 0 Å². The number of esters is 1. The Morgan fingerprint density at radius 3 is 2.62 bits per heavy atom. The average molecular weight is 326 g/mol. The first-order valence-corrected chi connectivity index (χ1v) is 7.68. The molecule has 5 heteroatoms. The van der Waals surface area contributed by atoms with Crippen LogP contribution in [0.4, 0.5) is 4.39 Å². The van der Waals surface area contributed by atoms with Gasteiger partial charge in [-0.1, -0.05) is 36.4 Å². The molecule has 0 saturated carbocycles. The van der Waals surface area contributed by atoms with Crippen molar-refractivity contribution in [1.82, 2.24) is 10.2 Å². The maximum absolute atomic E-state index is 13.8. The highest BCUT2D eigenvalue weighted by molar-refractivity contribution is 5.72. The number of halogens is 1. The summed E-state index contributed by atoms with van der Waals surface area (Å²) in [7, 11) is 1.36. The third-order valence-corrected chi connectivity index (χ3v) is 4.27. The van der Waals surface area contributed by atoms with Crippen LogP contribution >= 0.6 is 0 Å². The van der Waals surface area contributed by atoms with E-state index in [1.54, 1.807) is 25.3 Å². The van der Waals surface area contributed by atoms with E-state index in [-0.39, 0.29) is 18.3 Å². The number of hydrogen-bond donors (Lipinski definition) is 1. The van der Waals surface area contributed by atoms with Gasteiger partial charge in [0.1, 0.15) is 12.4 Å². The first kappa shape index (κ1) is 16.1. The predicted octanol–water partition coefficient (Wildman–Crippen LogP) is 2.88. The fraction of sp³-hybridized carbons (Fsp3) is 0.211. The maximum Gasteiger partial charge on any atom is 0.325 e. The second-order valence-corrected chi connectivity index (χ2v) is 5.70. The summed E-state index contributed by atoms with van der Waals surface area (Å²) in [6.07, 6.45) is 3.59. The Morgan fingerprint density at radius 2 is 1.96 bits per heavy atom. The van der Waals surface area contributed by atoms with Gasteiger partial charge in [-0.3, -0.25) is 4.79 Å². The van der Waals surface area contributed by atoms with E-state index in [0.717, 1.165) is 11.1 Å². The second-order valence-electron chi connectivity index (χ2n) is 5.70. The van der Waals surface area contributed by atoms with Gasteiger partial charge in [0, 0.05) is 23.5 Å². The number of methoxy groups -OCH3 is 1. The summed E-state index contributed by atoms with van der Waals surface area (Å²) >= 11 is 0. The lowest BCUT2D eigenvalue weighted by Gasteiger charge is -2.40. The van der Waals surface area contributed by atoms with Crippen molar-refractivity contribution in [2.45, 2.75) is 12.6 Å². The first-order valence-electron chi connectivity index (χ1n) is 7.68. The summed E-state index contributed by atoms with van der Waals surface area (Å²) in [5, 5.41) is 3.34. The molecule has 1 heterocycles. The highest BCUT2D eigenvalue weighted by atomic mass is 19.1. The number of ether oxygens (including phenoxy) is 1. The lowest BCUT2D eigenvalue weighted by atomic mass is 9.89. The number of rotatable bonds is 4. The smallest absolute Gasteiger partial charge is 0.325 e. The molecule has 4 nitrogen and oxygen atoms in total. The predicted molar refractivity (Wildman–Crippen MR) is 89.4 cm³/mol. The molecule has 0 radical (unpaired) electrons. The summed E-state index contributed by atoms with van der Waals surface area (Å²) in [5.41, 5.74) is 1.56. The van der Waals surface area contributed by atoms with Gasteiger partial charge in [-0.05, 0) is 24.6 Å². The van der Waals surface area contributed by atoms with E-state index in [0.29, 0.717) is 5.56 Å². The Hall–Kier alpha value is -2.82. The molecule has 124 valence electrons. The van der Waals surface area contributed by atoms with Gasteiger partial charge >= 0.3 is 5.97 Å². The summed E-state index contributed by atoms with van der Waals surface area (Å²) in [4.78, 5) is 13.7. The lowest BCUT2D eigenvalue weighted by molar-refractivity contribution is -0.142. The number of carbonyl (C=O) groups excluding carboxylic acids is 1. The molecule has 2 aromatic carbocycles. The van der Waals surface area contributed by atoms with Crippen LogP contribution in [-0.2, 0) is 15.2 Å². The van der Waals surface area contributed by atoms with E-state index in [2.05, 4.69) is 5.32 Å². The third kappa shape index (κ3) is 2.62. The fourth-order valence-corrected chi connectivity index (χ4v) is 3.03. The molecule has 1 unspecified atom stereocenters. The SMILES string of the molecule is COC(=O)CN1C=CNC1(c1ccccc1)c1ccc(F)c(C)c1. The zero-order valence-electron chi connectivity index (χ0n) is 13.6. The number of nitrogens with one attached hydrogen (secondary N) is 1. The van der Waals surface area contributed by atoms with Crippen molar-refractivity contribution in [1.29, 1.82) is 0 Å². The van der Waals surface area contributed by atoms with Crippen LogP contribution in [0.3, 0.4) is 0 Å². The lowest BCUT2D eigenvalue weighted by Crippen LogP contribution is -2.51. The molecular weight excluding hydrogens is 307 g/mol. The van der Waals surface area contributed by atoms with Crippen LogP contribution < -0.4 is 5.32 Å². The zero-order chi connectivity index (χ0) is 17.2. The van der Waals surface area contributed by atoms with Crippen molar-refractivity contribution in [3.8, 4) is 0 Å². The fourth-order valence-electron chi connectivity index (χ4n) is 3.03. The van der Waals surface area contributed by atoms with E-state index in [4.69, 9.17) is 4.74 Å². The minimum absolute atomic E-state index is 0.0747. The molecule has 2 aromatic rings. The number of nitrogens with zero attached hydrogens (tertiary/aromatic N) is 1. The monoisotopic (exact) mass is 326 g/mol. The molecule has 3 rings (SSSR count). The van der Waals surface area contributed by atoms with E-state index in [1.807, 2.05) is 41.4 Å². The van der Waals surface area contributed by atoms with E-state index in [1.165, 1.54) is 13.2 Å². The van der Waals surface area contributed by atoms with Crippen molar-refractivity contribution >= 4 is 5.97 Å². The van der Waals surface area contributed by atoms with Gasteiger partial charge in [0.15, 0.2) is 5.66 Å². The normalized spacial score (nSPS) is 19.2. The summed E-state index contributed by atoms with van der Waals surface area (Å²) < 4.78 is 18.6. The molecule has 0 amide bonds. The van der Waals surface area contributed by atoms with Crippen LogP contribution in [-0.4, -0.2) is 24.5 Å². The number of hydrogen-bond acceptors (Lipinski definition) is 4. The minimum atomic E-state index is -0.784. The molecule has 0 aromatic heterocycles. The van der Waals surface area contributed by atoms with Crippen LogP contribution in [0.5, 0.6) is 0 Å². The Kier molecular flexibility index (Phi) is 4.25. The molecule has 0 fully saturated rings. The Bertz CT molecular complexity index is 776. The summed E-state index contributed by atoms with van der Waals surface area (Å²) in [6, 6.07) is 14.7. The number of carbonyl (C=O) groups is 1. The largest absolute Gasteiger partial charge is 0.468 e. The van der Waals surface area contributed by atoms with Crippen molar-refractivity contribution in [2.24, 2.45) is 0 Å². The van der Waals surface area contributed by atoms with Crippen molar-refractivity contribution < 1.29 is 13.9 Å². The van der Waals surface area contributed by atoms with Gasteiger partial charge in [0.25, 0.3) is 0 Å². The number of aryl methyl sites for hydroxylation is 1. The highest BCUT2D eigenvalue weighted by Gasteiger charge is 2.42. The molecular formula is C19H19FN2O2. The molecule has 0 saturated heterocycles. The molecule has 0 bridgehead atoms. The third-order valence-electron chi connectivity index (χ3n) is 4.27. The van der Waals surface area contributed by atoms with Gasteiger partial charge in [-0.2, -0.15) is 0 Å². The van der Waals surface area contributed by atoms with Crippen molar-refractivity contribution in [3.05, 3.63) is 83.4 Å². The average Bonchev–Trinajstić information content (AvgIpc) is 3.02. The van der Waals surface area contributed by atoms with Gasteiger partial charge < -0.3 is 15.0 Å². The van der Waals surface area contributed by atoms with Crippen LogP contribution in [0.25, 0.3) is 0 Å². The quantitative estimate of drug-likeness (QED) is 0.877. The topological polar surface area (TPSA) is 41.6 Å². The summed E-state index contributed by atoms with van der Waals surface area (Å²) in [6.45, 7) is 1.80. The Labute approximate surface area is 140 Å². The van der Waals surface area contributed by atoms with Gasteiger partial charge in [-0.15, -0.1) is 0 Å². The van der Waals surface area contributed by atoms with Gasteiger partial charge in [-0.25, -0.2) is 4.39 Å². The maximum atomic E-state index is 13.8. The number of benzene rings is 2. The molecule has 0 spiro atoms. The first-order chi connectivity index (χ1) is 11.6. The highest BCUT2D eigenvalue weighted by Crippen LogP contribution is 2.37. The minimum Gasteiger partial charge on any atom is -0.468 e. The van der Waals surface area contributed by atoms with Gasteiger partial charge in [0.2, 0.25) is 0 Å². The molecule has 0 aliphatic carbocycles. The molecule has 1 aliphatic heterocycles. The molecule has 1 aliphatic rings. The van der Waals surface area contributed by atoms with Crippen LogP contribution in [0.1, 0.15) is 16.7 Å². The summed E-state index contributed by atoms with van der Waals surface area (Å²) in [5.74, 6) is -0.602. The van der Waals surface area contributed by atoms with Crippen LogP contribution in [0.2, 0.25) is 0 Å². The zero-order valence-corrected chi connectivity index (χ0v) is 13.6. The van der Waals surface area contributed by atoms with E-state index in [9.17, 15) is 9.18 Å². The Morgan fingerprint density at radius 1 is 1.21 bits per heavy atom. The van der Waals surface area contributed by atoms with Gasteiger partial charge in [0.05, 0.1) is 7.11 Å². The molecule has 1 atom stereocenters. The van der Waals surface area contributed by atoms with Crippen molar-refractivity contribution in [3.63, 3.8) is 0 Å². The standard InChI is InChI=1S/C19H19FN2O2/c1-14-12-16(8-9-17(14)20)19(15-6-4-3-5-7-15)21-10-11-22(19)13-18(23)24-2/h3-12,21H,13H2,1-2H3. The Balaban J connectivity index is 2.14. The van der Waals surface area contributed by atoms with Crippen molar-refractivity contribution in [2.75, 3.05) is 13.7 Å². The van der Waals surface area contributed by atoms with E-state index < -0.39 is 5.66 Å². The molecule has 1 N–H and O–H groups in total. The van der Waals surface area contributed by atoms with Crippen LogP contribution in [0, 0.1) is 12.7 Å². The van der Waals surface area contributed by atoms with Crippen LogP contribution in [0.15, 0.2) is 60.9 Å². The molecule has 24 heavy (non-hydrogen) atoms. The second kappa shape index (κ2) is 6.35.